The van der Waals surface area contributed by atoms with E-state index in [1.54, 1.807) is 6.20 Å². The Morgan fingerprint density at radius 1 is 1.37 bits per heavy atom. The summed E-state index contributed by atoms with van der Waals surface area (Å²) in [6.07, 6.45) is 5.71. The van der Waals surface area contributed by atoms with Crippen molar-refractivity contribution < 1.29 is 9.63 Å². The highest BCUT2D eigenvalue weighted by atomic mass is 16.5. The van der Waals surface area contributed by atoms with E-state index >= 15 is 0 Å². The first-order chi connectivity index (χ1) is 9.22. The van der Waals surface area contributed by atoms with Gasteiger partial charge in [-0.15, -0.1) is 0 Å². The molecule has 0 aliphatic heterocycles. The molecule has 0 aliphatic carbocycles. The van der Waals surface area contributed by atoms with E-state index in [2.05, 4.69) is 11.7 Å². The van der Waals surface area contributed by atoms with Crippen LogP contribution in [0.5, 0.6) is 5.88 Å². The molecule has 1 N–H and O–H groups in total. The minimum absolute atomic E-state index is 0.106. The van der Waals surface area contributed by atoms with Crippen LogP contribution in [0, 0.1) is 0 Å². The number of aromatic nitrogens is 1. The third kappa shape index (κ3) is 3.25. The fourth-order valence-electron chi connectivity index (χ4n) is 1.76. The van der Waals surface area contributed by atoms with E-state index in [-0.39, 0.29) is 5.88 Å². The zero-order valence-corrected chi connectivity index (χ0v) is 10.8. The summed E-state index contributed by atoms with van der Waals surface area (Å²) < 4.78 is 4.99. The molecule has 0 unspecified atom stereocenters. The lowest BCUT2D eigenvalue weighted by Gasteiger charge is -2.14. The quantitative estimate of drug-likeness (QED) is 0.889. The first-order valence-electron chi connectivity index (χ1n) is 5.99. The highest BCUT2D eigenvalue weighted by Crippen LogP contribution is 2.23. The zero-order chi connectivity index (χ0) is 13.7. The van der Waals surface area contributed by atoms with Crippen molar-refractivity contribution >= 4 is 0 Å². The van der Waals surface area contributed by atoms with Gasteiger partial charge in [0.05, 0.1) is 0 Å². The standard InChI is InChI=1S/C15H16N2O2/c1-3-9-17(4-2)11-12-5-7-13(8-6-12)14-10-15(18)16-19-14/h3-10H,2,11H2,1H3,(H,16,18)/b9-3-. The fourth-order valence-corrected chi connectivity index (χ4v) is 1.76. The number of hydrogen-bond donors (Lipinski definition) is 1. The Hall–Kier alpha value is -2.49. The summed E-state index contributed by atoms with van der Waals surface area (Å²) in [4.78, 5) is 2.00. The van der Waals surface area contributed by atoms with Crippen molar-refractivity contribution in [3.63, 3.8) is 0 Å². The number of nitrogens with zero attached hydrogens (tertiary/aromatic N) is 2. The average molecular weight is 256 g/mol. The van der Waals surface area contributed by atoms with Crippen molar-refractivity contribution in [1.82, 2.24) is 10.1 Å². The second kappa shape index (κ2) is 5.91. The molecular weight excluding hydrogens is 240 g/mol. The van der Waals surface area contributed by atoms with Gasteiger partial charge in [0.25, 0.3) is 5.88 Å². The summed E-state index contributed by atoms with van der Waals surface area (Å²) in [6, 6.07) is 9.38. The summed E-state index contributed by atoms with van der Waals surface area (Å²) in [7, 11) is 0. The molecular formula is C15H16N2O2. The Morgan fingerprint density at radius 2 is 2.11 bits per heavy atom. The number of allylic oxidation sites excluding steroid dienone is 1. The van der Waals surface area contributed by atoms with Crippen LogP contribution in [0.3, 0.4) is 0 Å². The van der Waals surface area contributed by atoms with Crippen LogP contribution in [0.25, 0.3) is 11.3 Å². The molecule has 19 heavy (non-hydrogen) atoms. The van der Waals surface area contributed by atoms with Gasteiger partial charge in [0.15, 0.2) is 5.76 Å². The highest BCUT2D eigenvalue weighted by Gasteiger charge is 2.05. The Bertz CT molecular complexity index is 570. The third-order valence-corrected chi connectivity index (χ3v) is 2.68. The van der Waals surface area contributed by atoms with Crippen molar-refractivity contribution in [2.75, 3.05) is 0 Å². The average Bonchev–Trinajstić information content (AvgIpc) is 2.86. The van der Waals surface area contributed by atoms with Crippen LogP contribution in [0.1, 0.15) is 12.5 Å². The van der Waals surface area contributed by atoms with E-state index in [0.29, 0.717) is 5.76 Å². The second-order valence-electron chi connectivity index (χ2n) is 4.08. The van der Waals surface area contributed by atoms with Crippen molar-refractivity contribution in [1.29, 1.82) is 0 Å². The SMILES string of the molecule is C=CN(/C=C\C)Cc1ccc(-c2cc(O)no2)cc1. The Balaban J connectivity index is 2.12. The molecule has 4 nitrogen and oxygen atoms in total. The molecule has 1 aromatic carbocycles. The summed E-state index contributed by atoms with van der Waals surface area (Å²) in [5, 5.41) is 12.6. The fraction of sp³-hybridized carbons (Fsp3) is 0.133. The lowest BCUT2D eigenvalue weighted by molar-refractivity contribution is 0.365. The van der Waals surface area contributed by atoms with Gasteiger partial charge in [-0.25, -0.2) is 0 Å². The van der Waals surface area contributed by atoms with Gasteiger partial charge < -0.3 is 14.5 Å². The van der Waals surface area contributed by atoms with Crippen LogP contribution in [0.15, 0.2) is 59.9 Å². The summed E-state index contributed by atoms with van der Waals surface area (Å²) in [5.41, 5.74) is 2.04. The van der Waals surface area contributed by atoms with Crippen molar-refractivity contribution in [2.24, 2.45) is 0 Å². The van der Waals surface area contributed by atoms with Crippen molar-refractivity contribution in [3.8, 4) is 17.2 Å². The molecule has 0 radical (unpaired) electrons. The zero-order valence-electron chi connectivity index (χ0n) is 10.8. The Morgan fingerprint density at radius 3 is 2.63 bits per heavy atom. The molecule has 4 heteroatoms. The van der Waals surface area contributed by atoms with E-state index in [4.69, 9.17) is 9.63 Å². The minimum atomic E-state index is -0.106. The summed E-state index contributed by atoms with van der Waals surface area (Å²) in [6.45, 7) is 6.50. The van der Waals surface area contributed by atoms with Crippen LogP contribution in [-0.2, 0) is 6.54 Å². The molecule has 1 aromatic heterocycles. The van der Waals surface area contributed by atoms with Gasteiger partial charge in [-0.2, -0.15) is 0 Å². The number of benzene rings is 1. The molecule has 0 atom stereocenters. The summed E-state index contributed by atoms with van der Waals surface area (Å²) in [5.74, 6) is 0.447. The maximum Gasteiger partial charge on any atom is 0.252 e. The molecule has 0 fully saturated rings. The van der Waals surface area contributed by atoms with Gasteiger partial charge in [0.2, 0.25) is 0 Å². The molecule has 0 amide bonds. The number of rotatable bonds is 5. The molecule has 2 rings (SSSR count). The number of hydrogen-bond acceptors (Lipinski definition) is 4. The van der Waals surface area contributed by atoms with E-state index in [1.807, 2.05) is 48.4 Å². The van der Waals surface area contributed by atoms with Crippen LogP contribution >= 0.6 is 0 Å². The molecule has 0 spiro atoms. The third-order valence-electron chi connectivity index (χ3n) is 2.68. The van der Waals surface area contributed by atoms with Crippen molar-refractivity contribution in [3.05, 3.63) is 61.0 Å². The molecule has 1 heterocycles. The predicted molar refractivity (Wildman–Crippen MR) is 74.2 cm³/mol. The van der Waals surface area contributed by atoms with Crippen LogP contribution in [0.2, 0.25) is 0 Å². The summed E-state index contributed by atoms with van der Waals surface area (Å²) >= 11 is 0. The molecule has 2 aromatic rings. The van der Waals surface area contributed by atoms with E-state index in [9.17, 15) is 0 Å². The first kappa shape index (κ1) is 13.0. The van der Waals surface area contributed by atoms with Gasteiger partial charge in [-0.05, 0) is 30.0 Å². The Labute approximate surface area is 112 Å². The minimum Gasteiger partial charge on any atom is -0.491 e. The van der Waals surface area contributed by atoms with Gasteiger partial charge in [-0.3, -0.25) is 0 Å². The van der Waals surface area contributed by atoms with E-state index in [0.717, 1.165) is 17.7 Å². The topological polar surface area (TPSA) is 49.5 Å². The van der Waals surface area contributed by atoms with E-state index in [1.165, 1.54) is 6.07 Å². The van der Waals surface area contributed by atoms with Crippen LogP contribution in [0.4, 0.5) is 0 Å². The first-order valence-corrected chi connectivity index (χ1v) is 5.99. The molecule has 0 saturated heterocycles. The molecule has 0 aliphatic rings. The molecule has 0 bridgehead atoms. The maximum atomic E-state index is 9.15. The van der Waals surface area contributed by atoms with Gasteiger partial charge in [0.1, 0.15) is 0 Å². The van der Waals surface area contributed by atoms with E-state index < -0.39 is 0 Å². The molecule has 98 valence electrons. The predicted octanol–water partition coefficient (Wildman–Crippen LogP) is 3.53. The number of aromatic hydroxyl groups is 1. The Kier molecular flexibility index (Phi) is 4.03. The lowest BCUT2D eigenvalue weighted by atomic mass is 10.1. The van der Waals surface area contributed by atoms with Gasteiger partial charge in [-0.1, -0.05) is 36.9 Å². The van der Waals surface area contributed by atoms with Crippen LogP contribution in [-0.4, -0.2) is 15.2 Å². The van der Waals surface area contributed by atoms with Crippen molar-refractivity contribution in [2.45, 2.75) is 13.5 Å². The second-order valence-corrected chi connectivity index (χ2v) is 4.08. The monoisotopic (exact) mass is 256 g/mol. The van der Waals surface area contributed by atoms with Gasteiger partial charge >= 0.3 is 0 Å². The largest absolute Gasteiger partial charge is 0.491 e. The highest BCUT2D eigenvalue weighted by molar-refractivity contribution is 5.58. The van der Waals surface area contributed by atoms with Gasteiger partial charge in [0, 0.05) is 18.2 Å². The lowest BCUT2D eigenvalue weighted by Crippen LogP contribution is -2.07. The van der Waals surface area contributed by atoms with Crippen LogP contribution < -0.4 is 0 Å². The molecule has 0 saturated carbocycles. The normalized spacial score (nSPS) is 10.8. The smallest absolute Gasteiger partial charge is 0.252 e. The maximum absolute atomic E-state index is 9.15.